The van der Waals surface area contributed by atoms with Crippen molar-refractivity contribution in [3.05, 3.63) is 59.4 Å². The van der Waals surface area contributed by atoms with Crippen LogP contribution in [-0.2, 0) is 26.8 Å². The zero-order chi connectivity index (χ0) is 26.5. The number of amides is 1. The molecular weight excluding hydrogens is 502 g/mol. The smallest absolute Gasteiger partial charge is 0.376 e. The van der Waals surface area contributed by atoms with Crippen molar-refractivity contribution in [2.24, 2.45) is 5.73 Å². The molecule has 2 aliphatic rings. The van der Waals surface area contributed by atoms with Gasteiger partial charge in [0.05, 0.1) is 16.6 Å². The minimum atomic E-state index is -4.94. The van der Waals surface area contributed by atoms with Crippen LogP contribution in [0.25, 0.3) is 0 Å². The zero-order valence-electron chi connectivity index (χ0n) is 19.5. The number of hydrogen-bond donors (Lipinski definition) is 2. The van der Waals surface area contributed by atoms with Crippen molar-refractivity contribution in [1.82, 2.24) is 4.90 Å². The Hall–Kier alpha value is -2.70. The van der Waals surface area contributed by atoms with Crippen molar-refractivity contribution in [2.75, 3.05) is 17.4 Å². The number of aryl methyl sites for hydroxylation is 1. The third-order valence-corrected chi connectivity index (χ3v) is 8.75. The summed E-state index contributed by atoms with van der Waals surface area (Å²) in [5.74, 6) is -0.906. The number of hydrogen-bond acceptors (Lipinski definition) is 5. The number of anilines is 1. The third-order valence-electron chi connectivity index (χ3n) is 6.87. The predicted octanol–water partition coefficient (Wildman–Crippen LogP) is 3.06. The van der Waals surface area contributed by atoms with Gasteiger partial charge >= 0.3 is 6.18 Å². The van der Waals surface area contributed by atoms with E-state index in [0.29, 0.717) is 26.4 Å². The van der Waals surface area contributed by atoms with E-state index in [1.165, 1.54) is 6.07 Å². The quantitative estimate of drug-likeness (QED) is 0.580. The van der Waals surface area contributed by atoms with E-state index in [0.717, 1.165) is 40.7 Å². The molecule has 0 saturated carbocycles. The number of halogens is 4. The van der Waals surface area contributed by atoms with E-state index in [4.69, 9.17) is 5.73 Å². The Bertz CT molecular complexity index is 1250. The van der Waals surface area contributed by atoms with Gasteiger partial charge in [-0.2, -0.15) is 13.2 Å². The SMILES string of the molecule is CC(O)(c1ccc2c(c1)CC[C@@H](CC(=O)N1CC[C@H](N)C1)N2S(=O)(=O)c1ccc(F)cc1)C(F)(F)F. The molecule has 0 bridgehead atoms. The molecule has 3 atom stereocenters. The van der Waals surface area contributed by atoms with E-state index in [9.17, 15) is 35.9 Å². The van der Waals surface area contributed by atoms with Gasteiger partial charge in [-0.05, 0) is 67.6 Å². The number of likely N-dealkylation sites (tertiary alicyclic amines) is 1. The highest BCUT2D eigenvalue weighted by molar-refractivity contribution is 7.92. The fraction of sp³-hybridized carbons (Fsp3) is 0.458. The fourth-order valence-corrected chi connectivity index (χ4v) is 6.40. The predicted molar refractivity (Wildman–Crippen MR) is 124 cm³/mol. The number of fused-ring (bicyclic) bond motifs is 1. The van der Waals surface area contributed by atoms with Crippen LogP contribution < -0.4 is 10.0 Å². The molecule has 36 heavy (non-hydrogen) atoms. The average Bonchev–Trinajstić information content (AvgIpc) is 3.24. The molecule has 2 heterocycles. The Labute approximate surface area is 206 Å². The number of nitrogens with zero attached hydrogens (tertiary/aromatic N) is 2. The highest BCUT2D eigenvalue weighted by Gasteiger charge is 2.51. The summed E-state index contributed by atoms with van der Waals surface area (Å²) in [6.07, 6.45) is -4.09. The molecule has 3 N–H and O–H groups in total. The number of benzene rings is 2. The van der Waals surface area contributed by atoms with E-state index in [1.807, 2.05) is 0 Å². The van der Waals surface area contributed by atoms with Crippen molar-refractivity contribution in [3.63, 3.8) is 0 Å². The Balaban J connectivity index is 1.76. The largest absolute Gasteiger partial charge is 0.421 e. The van der Waals surface area contributed by atoms with E-state index >= 15 is 0 Å². The van der Waals surface area contributed by atoms with Gasteiger partial charge in [0.2, 0.25) is 5.91 Å². The number of nitrogens with two attached hydrogens (primary N) is 1. The van der Waals surface area contributed by atoms with Crippen molar-refractivity contribution in [1.29, 1.82) is 0 Å². The molecule has 1 amide bonds. The Morgan fingerprint density at radius 1 is 1.14 bits per heavy atom. The van der Waals surface area contributed by atoms with Crippen LogP contribution in [0.5, 0.6) is 0 Å². The van der Waals surface area contributed by atoms with Gasteiger partial charge in [0.15, 0.2) is 5.60 Å². The summed E-state index contributed by atoms with van der Waals surface area (Å²) in [4.78, 5) is 14.3. The van der Waals surface area contributed by atoms with Crippen LogP contribution in [0.4, 0.5) is 23.2 Å². The maximum atomic E-state index is 13.7. The Morgan fingerprint density at radius 2 is 1.81 bits per heavy atom. The van der Waals surface area contributed by atoms with Crippen LogP contribution in [0.15, 0.2) is 47.4 Å². The Kier molecular flexibility index (Phi) is 6.82. The third kappa shape index (κ3) is 4.81. The Morgan fingerprint density at radius 3 is 2.39 bits per heavy atom. The summed E-state index contributed by atoms with van der Waals surface area (Å²) in [6.45, 7) is 1.46. The van der Waals surface area contributed by atoms with E-state index in [-0.39, 0.29) is 47.4 Å². The number of rotatable bonds is 5. The number of alkyl halides is 3. The number of aliphatic hydroxyl groups is 1. The average molecular weight is 530 g/mol. The first-order chi connectivity index (χ1) is 16.7. The molecule has 2 aromatic carbocycles. The van der Waals surface area contributed by atoms with Crippen LogP contribution in [0.1, 0.15) is 37.3 Å². The molecule has 7 nitrogen and oxygen atoms in total. The molecule has 12 heteroatoms. The second-order valence-electron chi connectivity index (χ2n) is 9.45. The van der Waals surface area contributed by atoms with Crippen LogP contribution in [0, 0.1) is 5.82 Å². The topological polar surface area (TPSA) is 104 Å². The molecule has 1 fully saturated rings. The molecular formula is C24H27F4N3O4S. The van der Waals surface area contributed by atoms with Crippen LogP contribution >= 0.6 is 0 Å². The van der Waals surface area contributed by atoms with Gasteiger partial charge in [-0.25, -0.2) is 12.8 Å². The molecule has 2 aromatic rings. The summed E-state index contributed by atoms with van der Waals surface area (Å²) < 4.78 is 82.2. The maximum Gasteiger partial charge on any atom is 0.421 e. The molecule has 0 aliphatic carbocycles. The molecule has 4 rings (SSSR count). The van der Waals surface area contributed by atoms with Crippen LogP contribution in [0.3, 0.4) is 0 Å². The minimum Gasteiger partial charge on any atom is -0.376 e. The highest BCUT2D eigenvalue weighted by atomic mass is 32.2. The number of carbonyl (C=O) groups excluding carboxylic acids is 1. The van der Waals surface area contributed by atoms with Gasteiger partial charge < -0.3 is 15.7 Å². The van der Waals surface area contributed by atoms with Crippen molar-refractivity contribution in [3.8, 4) is 0 Å². The summed E-state index contributed by atoms with van der Waals surface area (Å²) in [5.41, 5.74) is 2.74. The standard InChI is InChI=1S/C24H27F4N3O4S/c1-23(33,24(26,27)28)16-3-9-21-15(12-16)2-6-19(13-22(32)30-11-10-18(29)14-30)31(21)36(34,35)20-7-4-17(25)5-8-20/h3-5,7-9,12,18-19,33H,2,6,10-11,13-14,29H2,1H3/t18-,19-,23?/m0/s1. The maximum absolute atomic E-state index is 13.7. The lowest BCUT2D eigenvalue weighted by atomic mass is 9.89. The lowest BCUT2D eigenvalue weighted by Gasteiger charge is -2.39. The van der Waals surface area contributed by atoms with E-state index < -0.39 is 39.2 Å². The first-order valence-corrected chi connectivity index (χ1v) is 12.9. The second kappa shape index (κ2) is 9.31. The summed E-state index contributed by atoms with van der Waals surface area (Å²) in [7, 11) is -4.31. The molecule has 1 saturated heterocycles. The van der Waals surface area contributed by atoms with Gasteiger partial charge in [0, 0.05) is 25.6 Å². The number of carbonyl (C=O) groups is 1. The molecule has 0 aromatic heterocycles. The lowest BCUT2D eigenvalue weighted by molar-refractivity contribution is -0.258. The van der Waals surface area contributed by atoms with Gasteiger partial charge in [-0.15, -0.1) is 0 Å². The van der Waals surface area contributed by atoms with E-state index in [2.05, 4.69) is 0 Å². The molecule has 2 aliphatic heterocycles. The summed E-state index contributed by atoms with van der Waals surface area (Å²) in [5, 5.41) is 10.1. The van der Waals surface area contributed by atoms with Crippen LogP contribution in [0.2, 0.25) is 0 Å². The monoisotopic (exact) mass is 529 g/mol. The number of sulfonamides is 1. The van der Waals surface area contributed by atoms with E-state index in [1.54, 1.807) is 4.90 Å². The van der Waals surface area contributed by atoms with Crippen LogP contribution in [-0.4, -0.2) is 55.7 Å². The van der Waals surface area contributed by atoms with Gasteiger partial charge in [0.25, 0.3) is 10.0 Å². The minimum absolute atomic E-state index is 0.114. The second-order valence-corrected chi connectivity index (χ2v) is 11.3. The van der Waals surface area contributed by atoms with Gasteiger partial charge in [-0.1, -0.05) is 12.1 Å². The van der Waals surface area contributed by atoms with Crippen molar-refractivity contribution >= 4 is 21.6 Å². The van der Waals surface area contributed by atoms with Crippen molar-refractivity contribution < 1.29 is 35.9 Å². The normalized spacial score (nSPS) is 22.3. The first-order valence-electron chi connectivity index (χ1n) is 11.5. The summed E-state index contributed by atoms with van der Waals surface area (Å²) >= 11 is 0. The fourth-order valence-electron chi connectivity index (χ4n) is 4.68. The molecule has 0 spiro atoms. The molecule has 196 valence electrons. The van der Waals surface area contributed by atoms with Gasteiger partial charge in [0.1, 0.15) is 5.82 Å². The molecule has 0 radical (unpaired) electrons. The molecule has 1 unspecified atom stereocenters. The van der Waals surface area contributed by atoms with Gasteiger partial charge in [-0.3, -0.25) is 9.10 Å². The van der Waals surface area contributed by atoms with Crippen molar-refractivity contribution in [2.45, 2.75) is 61.4 Å². The zero-order valence-corrected chi connectivity index (χ0v) is 20.3. The lowest BCUT2D eigenvalue weighted by Crippen LogP contribution is -2.47. The summed E-state index contributed by atoms with van der Waals surface area (Å²) in [6, 6.07) is 6.61. The highest BCUT2D eigenvalue weighted by Crippen LogP contribution is 2.43. The first kappa shape index (κ1) is 26.4.